The summed E-state index contributed by atoms with van der Waals surface area (Å²) >= 11 is 0. The topological polar surface area (TPSA) is 30.8 Å². The Balaban J connectivity index is 2.18. The number of benzene rings is 2. The average Bonchev–Trinajstić information content (AvgIpc) is 2.70. The van der Waals surface area contributed by atoms with Crippen molar-refractivity contribution in [3.8, 4) is 11.5 Å². The summed E-state index contributed by atoms with van der Waals surface area (Å²) in [6, 6.07) is 16.4. The Bertz CT molecular complexity index is 707. The van der Waals surface area contributed by atoms with E-state index in [2.05, 4.69) is 38.1 Å². The SMILES string of the molecule is CC/C(=C/N=C(/CC)Pc1ccccc1OC)Pc1ccccc1OC. The molecule has 26 heavy (non-hydrogen) atoms. The molecule has 3 nitrogen and oxygen atoms in total. The minimum absolute atomic E-state index is 0.527. The van der Waals surface area contributed by atoms with Crippen molar-refractivity contribution < 1.29 is 9.47 Å². The summed E-state index contributed by atoms with van der Waals surface area (Å²) in [5.74, 6) is 1.88. The molecule has 2 aromatic carbocycles. The van der Waals surface area contributed by atoms with Crippen LogP contribution in [0.25, 0.3) is 0 Å². The molecule has 0 aliphatic heterocycles. The van der Waals surface area contributed by atoms with Gasteiger partial charge in [0.1, 0.15) is 11.5 Å². The second-order valence-corrected chi connectivity index (χ2v) is 8.38. The van der Waals surface area contributed by atoms with E-state index in [1.165, 1.54) is 21.4 Å². The lowest BCUT2D eigenvalue weighted by Crippen LogP contribution is -2.04. The van der Waals surface area contributed by atoms with Crippen LogP contribution in [0, 0.1) is 0 Å². The van der Waals surface area contributed by atoms with E-state index in [9.17, 15) is 0 Å². The molecule has 0 bridgehead atoms. The number of nitrogens with zero attached hydrogens (tertiary/aromatic N) is 1. The van der Waals surface area contributed by atoms with Crippen molar-refractivity contribution in [2.75, 3.05) is 14.2 Å². The van der Waals surface area contributed by atoms with Gasteiger partial charge in [-0.2, -0.15) is 0 Å². The van der Waals surface area contributed by atoms with Crippen molar-refractivity contribution in [2.24, 2.45) is 4.99 Å². The molecule has 0 aliphatic carbocycles. The molecular weight excluding hydrogens is 360 g/mol. The maximum atomic E-state index is 5.47. The van der Waals surface area contributed by atoms with Crippen LogP contribution in [0.2, 0.25) is 0 Å². The minimum atomic E-state index is 0.527. The van der Waals surface area contributed by atoms with E-state index < -0.39 is 0 Å². The van der Waals surface area contributed by atoms with Crippen LogP contribution >= 0.6 is 17.2 Å². The summed E-state index contributed by atoms with van der Waals surface area (Å²) in [5.41, 5.74) is 1.19. The van der Waals surface area contributed by atoms with Crippen LogP contribution in [0.15, 0.2) is 65.0 Å². The highest BCUT2D eigenvalue weighted by Crippen LogP contribution is 2.30. The maximum Gasteiger partial charge on any atom is 0.126 e. The Hall–Kier alpha value is -1.69. The molecule has 0 N–H and O–H groups in total. The predicted octanol–water partition coefficient (Wildman–Crippen LogP) is 5.07. The van der Waals surface area contributed by atoms with Crippen LogP contribution < -0.4 is 20.1 Å². The molecule has 2 atom stereocenters. The summed E-state index contributed by atoms with van der Waals surface area (Å²) in [5, 5.41) is 3.75. The fourth-order valence-corrected chi connectivity index (χ4v) is 4.65. The number of aliphatic imine (C=N–C) groups is 1. The first-order valence-electron chi connectivity index (χ1n) is 8.77. The van der Waals surface area contributed by atoms with Crippen molar-refractivity contribution in [2.45, 2.75) is 26.7 Å². The number of hydrogen-bond donors (Lipinski definition) is 0. The molecule has 0 saturated heterocycles. The van der Waals surface area contributed by atoms with Gasteiger partial charge in [0.25, 0.3) is 0 Å². The Labute approximate surface area is 160 Å². The van der Waals surface area contributed by atoms with Gasteiger partial charge in [-0.05, 0) is 38.9 Å². The molecule has 0 radical (unpaired) electrons. The number of ether oxygens (including phenoxy) is 2. The summed E-state index contributed by atoms with van der Waals surface area (Å²) < 4.78 is 10.9. The van der Waals surface area contributed by atoms with Crippen LogP contribution in [0.1, 0.15) is 26.7 Å². The van der Waals surface area contributed by atoms with Gasteiger partial charge in [-0.1, -0.05) is 58.8 Å². The Morgan fingerprint density at radius 3 is 1.88 bits per heavy atom. The zero-order valence-electron chi connectivity index (χ0n) is 15.9. The van der Waals surface area contributed by atoms with Gasteiger partial charge in [-0.15, -0.1) is 0 Å². The minimum Gasteiger partial charge on any atom is -0.496 e. The van der Waals surface area contributed by atoms with Crippen molar-refractivity contribution >= 4 is 33.2 Å². The molecular formula is C21H27NO2P2. The monoisotopic (exact) mass is 387 g/mol. The molecule has 5 heteroatoms. The highest BCUT2D eigenvalue weighted by atomic mass is 31.1. The molecule has 2 rings (SSSR count). The predicted molar refractivity (Wildman–Crippen MR) is 118 cm³/mol. The summed E-state index contributed by atoms with van der Waals surface area (Å²) in [6.07, 6.45) is 3.96. The summed E-state index contributed by atoms with van der Waals surface area (Å²) in [4.78, 5) is 4.81. The molecule has 0 aromatic heterocycles. The third-order valence-corrected chi connectivity index (χ3v) is 6.82. The van der Waals surface area contributed by atoms with Crippen LogP contribution in [-0.2, 0) is 0 Å². The lowest BCUT2D eigenvalue weighted by atomic mass is 10.3. The van der Waals surface area contributed by atoms with Gasteiger partial charge in [0.2, 0.25) is 0 Å². The first-order chi connectivity index (χ1) is 12.7. The van der Waals surface area contributed by atoms with Crippen molar-refractivity contribution in [3.63, 3.8) is 0 Å². The fourth-order valence-electron chi connectivity index (χ4n) is 2.40. The Kier molecular flexibility index (Phi) is 8.81. The van der Waals surface area contributed by atoms with Crippen molar-refractivity contribution in [3.05, 3.63) is 60.0 Å². The summed E-state index contributed by atoms with van der Waals surface area (Å²) in [6.45, 7) is 4.33. The van der Waals surface area contributed by atoms with Crippen molar-refractivity contribution in [1.82, 2.24) is 0 Å². The quantitative estimate of drug-likeness (QED) is 0.444. The molecule has 0 spiro atoms. The third-order valence-electron chi connectivity index (χ3n) is 3.88. The Morgan fingerprint density at radius 1 is 0.846 bits per heavy atom. The lowest BCUT2D eigenvalue weighted by molar-refractivity contribution is 0.418. The average molecular weight is 387 g/mol. The van der Waals surface area contributed by atoms with Gasteiger partial charge in [-0.3, -0.25) is 4.99 Å². The van der Waals surface area contributed by atoms with Gasteiger partial charge in [0.05, 0.1) is 14.2 Å². The highest BCUT2D eigenvalue weighted by Gasteiger charge is 2.06. The molecule has 2 aromatic rings. The van der Waals surface area contributed by atoms with Gasteiger partial charge >= 0.3 is 0 Å². The number of methoxy groups -OCH3 is 2. The van der Waals surface area contributed by atoms with E-state index in [4.69, 9.17) is 14.5 Å². The molecule has 0 saturated carbocycles. The molecule has 0 heterocycles. The summed E-state index contributed by atoms with van der Waals surface area (Å²) in [7, 11) is 4.54. The smallest absolute Gasteiger partial charge is 0.126 e. The van der Waals surface area contributed by atoms with Gasteiger partial charge < -0.3 is 9.47 Å². The van der Waals surface area contributed by atoms with Crippen LogP contribution in [0.3, 0.4) is 0 Å². The lowest BCUT2D eigenvalue weighted by Gasteiger charge is -2.10. The van der Waals surface area contributed by atoms with E-state index in [0.29, 0.717) is 17.2 Å². The van der Waals surface area contributed by atoms with E-state index in [1.807, 2.05) is 30.5 Å². The van der Waals surface area contributed by atoms with E-state index in [-0.39, 0.29) is 0 Å². The van der Waals surface area contributed by atoms with Crippen LogP contribution in [0.5, 0.6) is 11.5 Å². The second-order valence-electron chi connectivity index (χ2n) is 5.59. The molecule has 0 aliphatic rings. The number of hydrogen-bond acceptors (Lipinski definition) is 3. The highest BCUT2D eigenvalue weighted by molar-refractivity contribution is 7.65. The van der Waals surface area contributed by atoms with Crippen LogP contribution in [0.4, 0.5) is 0 Å². The number of para-hydroxylation sites is 2. The number of allylic oxidation sites excluding steroid dienone is 1. The normalized spacial score (nSPS) is 13.1. The first kappa shape index (κ1) is 20.6. The third kappa shape index (κ3) is 5.94. The molecule has 138 valence electrons. The van der Waals surface area contributed by atoms with E-state index in [1.54, 1.807) is 14.2 Å². The van der Waals surface area contributed by atoms with Crippen molar-refractivity contribution in [1.29, 1.82) is 0 Å². The van der Waals surface area contributed by atoms with E-state index in [0.717, 1.165) is 24.3 Å². The molecule has 0 amide bonds. The zero-order chi connectivity index (χ0) is 18.8. The number of rotatable bonds is 9. The van der Waals surface area contributed by atoms with Crippen LogP contribution in [-0.4, -0.2) is 19.7 Å². The first-order valence-corrected chi connectivity index (χ1v) is 10.8. The molecule has 0 fully saturated rings. The van der Waals surface area contributed by atoms with E-state index >= 15 is 0 Å². The van der Waals surface area contributed by atoms with Gasteiger partial charge in [0.15, 0.2) is 0 Å². The standard InChI is InChI=1S/C21H27NO2P2/c1-5-16(25-19-13-9-7-11-17(19)23-3)15-22-21(6-2)26-20-14-10-8-12-18(20)24-4/h7-15,25-26H,5-6H2,1-4H3/b16-15-,22-21-. The van der Waals surface area contributed by atoms with Gasteiger partial charge in [-0.25, -0.2) is 0 Å². The Morgan fingerprint density at radius 2 is 1.38 bits per heavy atom. The largest absolute Gasteiger partial charge is 0.496 e. The maximum absolute atomic E-state index is 5.47. The van der Waals surface area contributed by atoms with Gasteiger partial charge in [0, 0.05) is 22.3 Å². The molecule has 2 unspecified atom stereocenters. The zero-order valence-corrected chi connectivity index (χ0v) is 17.9. The fraction of sp³-hybridized carbons (Fsp3) is 0.286. The second kappa shape index (κ2) is 11.1.